The third kappa shape index (κ3) is 3.85. The predicted molar refractivity (Wildman–Crippen MR) is 99.4 cm³/mol. The second-order valence-corrected chi connectivity index (χ2v) is 8.55. The van der Waals surface area contributed by atoms with Crippen molar-refractivity contribution in [2.24, 2.45) is 11.7 Å². The monoisotopic (exact) mass is 450 g/mol. The molecule has 0 amide bonds. The van der Waals surface area contributed by atoms with Crippen molar-refractivity contribution in [3.05, 3.63) is 35.1 Å². The number of ether oxygens (including phenoxy) is 1. The molecule has 1 aromatic rings. The van der Waals surface area contributed by atoms with Gasteiger partial charge in [-0.2, -0.15) is 13.2 Å². The zero-order chi connectivity index (χ0) is 22.7. The summed E-state index contributed by atoms with van der Waals surface area (Å²) >= 11 is 0. The molecule has 0 spiro atoms. The van der Waals surface area contributed by atoms with E-state index in [-0.39, 0.29) is 23.8 Å². The number of halogens is 4. The minimum absolute atomic E-state index is 0.0184. The summed E-state index contributed by atoms with van der Waals surface area (Å²) in [4.78, 5) is 1.79. The maximum atomic E-state index is 13.6. The lowest BCUT2D eigenvalue weighted by atomic mass is 9.87. The highest BCUT2D eigenvalue weighted by molar-refractivity contribution is 5.30. The van der Waals surface area contributed by atoms with Crippen LogP contribution >= 0.6 is 0 Å². The molecule has 7 N–H and O–H groups in total. The van der Waals surface area contributed by atoms with E-state index in [2.05, 4.69) is 10.6 Å². The van der Waals surface area contributed by atoms with Crippen LogP contribution in [-0.2, 0) is 10.9 Å². The quantitative estimate of drug-likeness (QED) is 0.350. The van der Waals surface area contributed by atoms with Crippen LogP contribution in [0.3, 0.4) is 0 Å². The van der Waals surface area contributed by atoms with E-state index in [1.165, 1.54) is 6.92 Å². The van der Waals surface area contributed by atoms with E-state index in [1.54, 1.807) is 4.90 Å². The number of nitrogens with zero attached hydrogens (tertiary/aromatic N) is 1. The number of nitrogens with two attached hydrogens (primary N) is 1. The molecule has 31 heavy (non-hydrogen) atoms. The normalized spacial score (nSPS) is 40.2. The maximum absolute atomic E-state index is 13.6. The molecule has 8 atom stereocenters. The first-order valence-corrected chi connectivity index (χ1v) is 10.0. The van der Waals surface area contributed by atoms with Crippen molar-refractivity contribution in [3.8, 4) is 0 Å². The highest BCUT2D eigenvalue weighted by atomic mass is 19.4. The smallest absolute Gasteiger partial charge is 0.386 e. The van der Waals surface area contributed by atoms with Gasteiger partial charge in [-0.25, -0.2) is 4.39 Å². The third-order valence-corrected chi connectivity index (χ3v) is 6.58. The number of hydrogen-bond acceptors (Lipinski definition) is 8. The number of aliphatic hydroxyl groups excluding tert-OH is 2. The predicted octanol–water partition coefficient (Wildman–Crippen LogP) is -0.202. The summed E-state index contributed by atoms with van der Waals surface area (Å²) in [5.41, 5.74) is 2.29. The van der Waals surface area contributed by atoms with E-state index >= 15 is 0 Å². The largest absolute Gasteiger partial charge is 0.419 e. The first-order valence-electron chi connectivity index (χ1n) is 10.0. The van der Waals surface area contributed by atoms with Gasteiger partial charge in [0.05, 0.1) is 17.9 Å². The van der Waals surface area contributed by atoms with E-state index in [0.717, 1.165) is 6.07 Å². The van der Waals surface area contributed by atoms with Crippen LogP contribution in [0, 0.1) is 11.7 Å². The van der Waals surface area contributed by atoms with Crippen molar-refractivity contribution < 1.29 is 37.6 Å². The summed E-state index contributed by atoms with van der Waals surface area (Å²) in [6, 6.07) is 2.08. The van der Waals surface area contributed by atoms with Crippen LogP contribution in [-0.4, -0.2) is 69.8 Å². The summed E-state index contributed by atoms with van der Waals surface area (Å²) in [5.74, 6) is -1.46. The number of likely N-dealkylation sites (tertiary alicyclic amines) is 1. The molecule has 3 aliphatic heterocycles. The summed E-state index contributed by atoms with van der Waals surface area (Å²) in [6.45, 7) is 2.17. The van der Waals surface area contributed by atoms with Crippen LogP contribution in [0.1, 0.15) is 30.6 Å². The Hall–Kier alpha value is -1.38. The Bertz CT molecular complexity index is 827. The van der Waals surface area contributed by atoms with Crippen molar-refractivity contribution in [1.82, 2.24) is 15.5 Å². The van der Waals surface area contributed by atoms with E-state index in [0.29, 0.717) is 31.8 Å². The van der Waals surface area contributed by atoms with Gasteiger partial charge in [-0.3, -0.25) is 15.5 Å². The molecule has 3 heterocycles. The Kier molecular flexibility index (Phi) is 5.80. The molecular weight excluding hydrogens is 424 g/mol. The van der Waals surface area contributed by atoms with Crippen LogP contribution in [0.2, 0.25) is 0 Å². The second kappa shape index (κ2) is 7.89. The van der Waals surface area contributed by atoms with Gasteiger partial charge in [-0.1, -0.05) is 6.07 Å². The van der Waals surface area contributed by atoms with Gasteiger partial charge in [-0.15, -0.1) is 0 Å². The van der Waals surface area contributed by atoms with E-state index in [4.69, 9.17) is 10.5 Å². The van der Waals surface area contributed by atoms with E-state index in [1.807, 2.05) is 0 Å². The molecule has 0 aromatic heterocycles. The third-order valence-electron chi connectivity index (χ3n) is 6.58. The van der Waals surface area contributed by atoms with Gasteiger partial charge < -0.3 is 25.8 Å². The SMILES string of the molecule is C[C@@]1(O)[C@@H]([C@H](O)c2ccc(F)c(C(F)(F)F)c2)O[C@@H](N2CCC3C(N)NCNC32)[C@@H]1O. The topological polar surface area (TPSA) is 123 Å². The average Bonchev–Trinajstić information content (AvgIpc) is 3.21. The number of aliphatic hydroxyl groups is 3. The Balaban J connectivity index is 1.59. The molecule has 3 fully saturated rings. The molecule has 0 radical (unpaired) electrons. The van der Waals surface area contributed by atoms with Crippen LogP contribution < -0.4 is 16.4 Å². The van der Waals surface area contributed by atoms with Gasteiger partial charge in [0.2, 0.25) is 0 Å². The number of fused-ring (bicyclic) bond motifs is 1. The van der Waals surface area contributed by atoms with Gasteiger partial charge in [0.1, 0.15) is 36.0 Å². The molecule has 0 saturated carbocycles. The highest BCUT2D eigenvalue weighted by Gasteiger charge is 2.59. The van der Waals surface area contributed by atoms with Crippen molar-refractivity contribution in [3.63, 3.8) is 0 Å². The van der Waals surface area contributed by atoms with Crippen molar-refractivity contribution in [2.45, 2.75) is 62.0 Å². The fraction of sp³-hybridized carbons (Fsp3) is 0.684. The summed E-state index contributed by atoms with van der Waals surface area (Å²) in [7, 11) is 0. The molecule has 3 unspecified atom stereocenters. The molecule has 3 aliphatic rings. The molecular formula is C19H26F4N4O4. The molecule has 4 rings (SSSR count). The minimum atomic E-state index is -4.95. The maximum Gasteiger partial charge on any atom is 0.419 e. The molecule has 174 valence electrons. The van der Waals surface area contributed by atoms with Crippen LogP contribution in [0.4, 0.5) is 17.6 Å². The molecule has 3 saturated heterocycles. The molecule has 12 heteroatoms. The van der Waals surface area contributed by atoms with Crippen molar-refractivity contribution in [1.29, 1.82) is 0 Å². The highest BCUT2D eigenvalue weighted by Crippen LogP contribution is 2.43. The minimum Gasteiger partial charge on any atom is -0.386 e. The van der Waals surface area contributed by atoms with Crippen LogP contribution in [0.15, 0.2) is 18.2 Å². The summed E-state index contributed by atoms with van der Waals surface area (Å²) in [5, 5.41) is 38.7. The number of rotatable bonds is 3. The Morgan fingerprint density at radius 3 is 2.71 bits per heavy atom. The van der Waals surface area contributed by atoms with Gasteiger partial charge in [0.25, 0.3) is 0 Å². The summed E-state index contributed by atoms with van der Waals surface area (Å²) in [6.07, 6.45) is -10.4. The number of alkyl halides is 3. The van der Waals surface area contributed by atoms with E-state index < -0.39 is 47.7 Å². The number of nitrogens with one attached hydrogen (secondary N) is 2. The van der Waals surface area contributed by atoms with Crippen molar-refractivity contribution in [2.75, 3.05) is 13.2 Å². The lowest BCUT2D eigenvalue weighted by Crippen LogP contribution is -2.64. The van der Waals surface area contributed by atoms with Gasteiger partial charge in [0, 0.05) is 19.1 Å². The molecule has 8 nitrogen and oxygen atoms in total. The standard InChI is InChI=1S/C19H26F4N4O4/c1-18(30)13(29)17(27-5-4-9-15(24)25-7-26-16(9)27)31-14(18)12(28)8-2-3-11(20)10(6-8)19(21,22)23/h2-3,6,9,12-17,25-26,28-30H,4-5,7,24H2,1H3/t9?,12-,13+,14-,15?,16?,17-,18+/m1/s1. The number of hydrogen-bond donors (Lipinski definition) is 6. The molecule has 0 aliphatic carbocycles. The zero-order valence-electron chi connectivity index (χ0n) is 16.7. The molecule has 0 bridgehead atoms. The van der Waals surface area contributed by atoms with Gasteiger partial charge >= 0.3 is 6.18 Å². The summed E-state index contributed by atoms with van der Waals surface area (Å²) < 4.78 is 58.7. The first-order chi connectivity index (χ1) is 14.4. The zero-order valence-corrected chi connectivity index (χ0v) is 16.7. The Labute approximate surface area is 176 Å². The second-order valence-electron chi connectivity index (χ2n) is 8.55. The lowest BCUT2D eigenvalue weighted by Gasteiger charge is -2.39. The van der Waals surface area contributed by atoms with E-state index in [9.17, 15) is 32.9 Å². The first kappa shape index (κ1) is 22.8. The fourth-order valence-electron chi connectivity index (χ4n) is 4.80. The van der Waals surface area contributed by atoms with Crippen LogP contribution in [0.5, 0.6) is 0 Å². The Morgan fingerprint density at radius 1 is 1.32 bits per heavy atom. The van der Waals surface area contributed by atoms with Gasteiger partial charge in [0.15, 0.2) is 0 Å². The lowest BCUT2D eigenvalue weighted by molar-refractivity contribution is -0.141. The van der Waals surface area contributed by atoms with Gasteiger partial charge in [-0.05, 0) is 31.0 Å². The van der Waals surface area contributed by atoms with Crippen molar-refractivity contribution >= 4 is 0 Å². The number of benzene rings is 1. The average molecular weight is 450 g/mol. The van der Waals surface area contributed by atoms with Crippen LogP contribution in [0.25, 0.3) is 0 Å². The fourth-order valence-corrected chi connectivity index (χ4v) is 4.80. The Morgan fingerprint density at radius 2 is 2.03 bits per heavy atom. The molecule has 1 aromatic carbocycles.